The van der Waals surface area contributed by atoms with Crippen molar-refractivity contribution in [3.8, 4) is 0 Å². The van der Waals surface area contributed by atoms with Gasteiger partial charge in [0.05, 0.1) is 6.61 Å². The van der Waals surface area contributed by atoms with Crippen molar-refractivity contribution >= 4 is 17.6 Å². The Morgan fingerprint density at radius 1 is 1.10 bits per heavy atom. The minimum absolute atomic E-state index is 0.108. The van der Waals surface area contributed by atoms with Crippen molar-refractivity contribution < 1.29 is 14.3 Å². The zero-order valence-electron chi connectivity index (χ0n) is 11.9. The average Bonchev–Trinajstić information content (AvgIpc) is 2.46. The van der Waals surface area contributed by atoms with E-state index in [2.05, 4.69) is 16.0 Å². The third-order valence-electron chi connectivity index (χ3n) is 2.53. The van der Waals surface area contributed by atoms with Crippen LogP contribution in [0.25, 0.3) is 0 Å². The largest absolute Gasteiger partial charge is 0.383 e. The molecule has 0 aliphatic rings. The van der Waals surface area contributed by atoms with Gasteiger partial charge in [0.25, 0.3) is 5.91 Å². The first-order chi connectivity index (χ1) is 9.67. The van der Waals surface area contributed by atoms with Gasteiger partial charge in [0.15, 0.2) is 0 Å². The number of anilines is 1. The van der Waals surface area contributed by atoms with Gasteiger partial charge in [0.1, 0.15) is 0 Å². The zero-order chi connectivity index (χ0) is 14.8. The highest BCUT2D eigenvalue weighted by Gasteiger charge is 2.05. The third-order valence-corrected chi connectivity index (χ3v) is 2.53. The molecule has 0 heterocycles. The van der Waals surface area contributed by atoms with Crippen LogP contribution in [0.5, 0.6) is 0 Å². The van der Waals surface area contributed by atoms with E-state index in [1.165, 1.54) is 0 Å². The van der Waals surface area contributed by atoms with Crippen LogP contribution in [0, 0.1) is 0 Å². The number of nitrogens with one attached hydrogen (secondary N) is 3. The first-order valence-electron chi connectivity index (χ1n) is 6.59. The van der Waals surface area contributed by atoms with Crippen LogP contribution in [-0.4, -0.2) is 38.7 Å². The number of hydrogen-bond donors (Lipinski definition) is 3. The Morgan fingerprint density at radius 2 is 1.80 bits per heavy atom. The van der Waals surface area contributed by atoms with Gasteiger partial charge >= 0.3 is 6.03 Å². The quantitative estimate of drug-likeness (QED) is 0.663. The molecule has 6 heteroatoms. The summed E-state index contributed by atoms with van der Waals surface area (Å²) in [6.45, 7) is 3.56. The monoisotopic (exact) mass is 279 g/mol. The molecule has 0 unspecified atom stereocenters. The van der Waals surface area contributed by atoms with E-state index in [0.717, 1.165) is 6.42 Å². The normalized spacial score (nSPS) is 9.90. The number of benzene rings is 1. The summed E-state index contributed by atoms with van der Waals surface area (Å²) < 4.78 is 4.83. The standard InChI is InChI=1S/C14H21N3O3/c1-3-8-15-13(18)11-4-6-12(7-5-11)17-14(19)16-9-10-20-2/h4-7H,3,8-10H2,1-2H3,(H,15,18)(H2,16,17,19). The number of urea groups is 1. The van der Waals surface area contributed by atoms with Crippen LogP contribution in [0.15, 0.2) is 24.3 Å². The van der Waals surface area contributed by atoms with E-state index in [-0.39, 0.29) is 11.9 Å². The van der Waals surface area contributed by atoms with Crippen molar-refractivity contribution in [2.75, 3.05) is 32.1 Å². The van der Waals surface area contributed by atoms with E-state index in [4.69, 9.17) is 4.74 Å². The van der Waals surface area contributed by atoms with E-state index < -0.39 is 0 Å². The molecule has 0 spiro atoms. The number of carbonyl (C=O) groups excluding carboxylic acids is 2. The molecule has 0 bridgehead atoms. The molecule has 0 aliphatic heterocycles. The van der Waals surface area contributed by atoms with Crippen LogP contribution in [0.4, 0.5) is 10.5 Å². The second-order valence-electron chi connectivity index (χ2n) is 4.21. The summed E-state index contributed by atoms with van der Waals surface area (Å²) >= 11 is 0. The van der Waals surface area contributed by atoms with Crippen molar-refractivity contribution in [1.82, 2.24) is 10.6 Å². The van der Waals surface area contributed by atoms with E-state index in [9.17, 15) is 9.59 Å². The number of ether oxygens (including phenoxy) is 1. The van der Waals surface area contributed by atoms with Crippen LogP contribution >= 0.6 is 0 Å². The smallest absolute Gasteiger partial charge is 0.319 e. The van der Waals surface area contributed by atoms with Gasteiger partial charge in [0.2, 0.25) is 0 Å². The minimum atomic E-state index is -0.301. The average molecular weight is 279 g/mol. The summed E-state index contributed by atoms with van der Waals surface area (Å²) in [5, 5.41) is 8.11. The fourth-order valence-electron chi connectivity index (χ4n) is 1.49. The molecule has 1 aromatic carbocycles. The second kappa shape index (κ2) is 8.92. The molecule has 0 fully saturated rings. The maximum absolute atomic E-state index is 11.7. The maximum Gasteiger partial charge on any atom is 0.319 e. The molecule has 1 aromatic rings. The van der Waals surface area contributed by atoms with Crippen LogP contribution < -0.4 is 16.0 Å². The number of carbonyl (C=O) groups is 2. The van der Waals surface area contributed by atoms with E-state index in [1.54, 1.807) is 31.4 Å². The van der Waals surface area contributed by atoms with Crippen LogP contribution in [0.1, 0.15) is 23.7 Å². The van der Waals surface area contributed by atoms with Gasteiger partial charge in [-0.3, -0.25) is 4.79 Å². The van der Waals surface area contributed by atoms with Gasteiger partial charge in [-0.25, -0.2) is 4.79 Å². The molecule has 0 aliphatic carbocycles. The number of hydrogen-bond acceptors (Lipinski definition) is 3. The second-order valence-corrected chi connectivity index (χ2v) is 4.21. The highest BCUT2D eigenvalue weighted by Crippen LogP contribution is 2.09. The molecule has 0 atom stereocenters. The molecule has 0 radical (unpaired) electrons. The summed E-state index contributed by atoms with van der Waals surface area (Å²) in [5.74, 6) is -0.108. The van der Waals surface area contributed by atoms with Crippen LogP contribution in [0.2, 0.25) is 0 Å². The Kier molecular flexibility index (Phi) is 7.13. The Bertz CT molecular complexity index is 432. The van der Waals surface area contributed by atoms with E-state index in [1.807, 2.05) is 6.92 Å². The summed E-state index contributed by atoms with van der Waals surface area (Å²) in [6.07, 6.45) is 0.896. The zero-order valence-corrected chi connectivity index (χ0v) is 11.9. The molecule has 0 saturated carbocycles. The van der Waals surface area contributed by atoms with Gasteiger partial charge in [0, 0.05) is 31.5 Å². The summed E-state index contributed by atoms with van der Waals surface area (Å²) in [5.41, 5.74) is 1.20. The molecule has 0 aromatic heterocycles. The minimum Gasteiger partial charge on any atom is -0.383 e. The first-order valence-corrected chi connectivity index (χ1v) is 6.59. The van der Waals surface area contributed by atoms with Crippen molar-refractivity contribution in [1.29, 1.82) is 0 Å². The van der Waals surface area contributed by atoms with Gasteiger partial charge in [-0.05, 0) is 30.7 Å². The number of rotatable bonds is 7. The van der Waals surface area contributed by atoms with Crippen molar-refractivity contribution in [2.24, 2.45) is 0 Å². The van der Waals surface area contributed by atoms with Crippen LogP contribution in [-0.2, 0) is 4.74 Å². The Balaban J connectivity index is 2.45. The fraction of sp³-hybridized carbons (Fsp3) is 0.429. The molecule has 110 valence electrons. The van der Waals surface area contributed by atoms with Crippen molar-refractivity contribution in [2.45, 2.75) is 13.3 Å². The Labute approximate surface area is 118 Å². The maximum atomic E-state index is 11.7. The predicted molar refractivity (Wildman–Crippen MR) is 78.0 cm³/mol. The third kappa shape index (κ3) is 5.71. The first kappa shape index (κ1) is 16.0. The molecular weight excluding hydrogens is 258 g/mol. The lowest BCUT2D eigenvalue weighted by atomic mass is 10.2. The van der Waals surface area contributed by atoms with Gasteiger partial charge in [-0.15, -0.1) is 0 Å². The molecule has 20 heavy (non-hydrogen) atoms. The summed E-state index contributed by atoms with van der Waals surface area (Å²) in [7, 11) is 1.57. The molecule has 6 nitrogen and oxygen atoms in total. The van der Waals surface area contributed by atoms with E-state index in [0.29, 0.717) is 30.9 Å². The predicted octanol–water partition coefficient (Wildman–Crippen LogP) is 1.59. The van der Waals surface area contributed by atoms with E-state index >= 15 is 0 Å². The molecule has 0 saturated heterocycles. The number of methoxy groups -OCH3 is 1. The lowest BCUT2D eigenvalue weighted by molar-refractivity contribution is 0.0953. The highest BCUT2D eigenvalue weighted by atomic mass is 16.5. The van der Waals surface area contributed by atoms with Crippen LogP contribution in [0.3, 0.4) is 0 Å². The highest BCUT2D eigenvalue weighted by molar-refractivity contribution is 5.95. The SMILES string of the molecule is CCCNC(=O)c1ccc(NC(=O)NCCOC)cc1. The van der Waals surface area contributed by atoms with Gasteiger partial charge < -0.3 is 20.7 Å². The lowest BCUT2D eigenvalue weighted by Crippen LogP contribution is -2.31. The number of amides is 3. The topological polar surface area (TPSA) is 79.5 Å². The summed E-state index contributed by atoms with van der Waals surface area (Å²) in [6, 6.07) is 6.43. The Morgan fingerprint density at radius 3 is 2.40 bits per heavy atom. The summed E-state index contributed by atoms with van der Waals surface area (Å²) in [4.78, 5) is 23.2. The molecule has 3 N–H and O–H groups in total. The molecular formula is C14H21N3O3. The van der Waals surface area contributed by atoms with Crippen molar-refractivity contribution in [3.63, 3.8) is 0 Å². The van der Waals surface area contributed by atoms with Gasteiger partial charge in [-0.2, -0.15) is 0 Å². The van der Waals surface area contributed by atoms with Gasteiger partial charge in [-0.1, -0.05) is 6.92 Å². The Hall–Kier alpha value is -2.08. The molecule has 3 amide bonds. The van der Waals surface area contributed by atoms with Crippen molar-refractivity contribution in [3.05, 3.63) is 29.8 Å². The lowest BCUT2D eigenvalue weighted by Gasteiger charge is -2.08. The fourth-order valence-corrected chi connectivity index (χ4v) is 1.49. The molecule has 1 rings (SSSR count).